The standard InChI is InChI=1S/C13H19NO2S/c1-13(2)5-3-6-14(9-13)8-10-4-7-17-11(10)12(15)16/h4,7H,3,5-6,8-9H2,1-2H3,(H,15,16). The van der Waals surface area contributed by atoms with Crippen molar-refractivity contribution in [3.8, 4) is 0 Å². The predicted molar refractivity (Wildman–Crippen MR) is 69.6 cm³/mol. The van der Waals surface area contributed by atoms with Gasteiger partial charge in [0, 0.05) is 13.1 Å². The van der Waals surface area contributed by atoms with Gasteiger partial charge in [-0.3, -0.25) is 4.90 Å². The molecule has 94 valence electrons. The van der Waals surface area contributed by atoms with Gasteiger partial charge >= 0.3 is 5.97 Å². The van der Waals surface area contributed by atoms with Gasteiger partial charge in [0.05, 0.1) is 0 Å². The van der Waals surface area contributed by atoms with Gasteiger partial charge in [-0.1, -0.05) is 13.8 Å². The molecule has 4 heteroatoms. The number of rotatable bonds is 3. The molecular formula is C13H19NO2S. The molecular weight excluding hydrogens is 234 g/mol. The van der Waals surface area contributed by atoms with E-state index in [9.17, 15) is 4.79 Å². The normalized spacial score (nSPS) is 20.4. The van der Waals surface area contributed by atoms with Gasteiger partial charge in [0.25, 0.3) is 0 Å². The molecule has 1 saturated heterocycles. The first-order valence-electron chi connectivity index (χ1n) is 6.00. The summed E-state index contributed by atoms with van der Waals surface area (Å²) in [6.07, 6.45) is 2.47. The maximum Gasteiger partial charge on any atom is 0.346 e. The van der Waals surface area contributed by atoms with Crippen LogP contribution in [0.4, 0.5) is 0 Å². The SMILES string of the molecule is CC1(C)CCCN(Cc2ccsc2C(=O)O)C1. The second kappa shape index (κ2) is 4.78. The lowest BCUT2D eigenvalue weighted by molar-refractivity contribution is 0.0697. The average Bonchev–Trinajstić information content (AvgIpc) is 2.64. The van der Waals surface area contributed by atoms with E-state index in [2.05, 4.69) is 18.7 Å². The number of likely N-dealkylation sites (tertiary alicyclic amines) is 1. The molecule has 0 atom stereocenters. The van der Waals surface area contributed by atoms with Crippen molar-refractivity contribution in [2.24, 2.45) is 5.41 Å². The second-order valence-electron chi connectivity index (χ2n) is 5.56. The molecule has 0 spiro atoms. The zero-order chi connectivity index (χ0) is 12.5. The van der Waals surface area contributed by atoms with E-state index in [4.69, 9.17) is 5.11 Å². The zero-order valence-corrected chi connectivity index (χ0v) is 11.2. The first kappa shape index (κ1) is 12.6. The van der Waals surface area contributed by atoms with E-state index >= 15 is 0 Å². The Morgan fingerprint density at radius 3 is 3.00 bits per heavy atom. The van der Waals surface area contributed by atoms with Crippen molar-refractivity contribution in [3.05, 3.63) is 21.9 Å². The molecule has 0 radical (unpaired) electrons. The topological polar surface area (TPSA) is 40.5 Å². The minimum atomic E-state index is -0.800. The van der Waals surface area contributed by atoms with Gasteiger partial charge in [0.15, 0.2) is 0 Å². The Morgan fingerprint density at radius 1 is 1.59 bits per heavy atom. The Morgan fingerprint density at radius 2 is 2.35 bits per heavy atom. The minimum Gasteiger partial charge on any atom is -0.477 e. The lowest BCUT2D eigenvalue weighted by Crippen LogP contribution is -2.39. The number of carbonyl (C=O) groups is 1. The van der Waals surface area contributed by atoms with Gasteiger partial charge in [0.2, 0.25) is 0 Å². The molecule has 17 heavy (non-hydrogen) atoms. The molecule has 1 N–H and O–H groups in total. The first-order chi connectivity index (χ1) is 7.98. The summed E-state index contributed by atoms with van der Waals surface area (Å²) in [6.45, 7) is 7.48. The van der Waals surface area contributed by atoms with Crippen LogP contribution in [0.5, 0.6) is 0 Å². The van der Waals surface area contributed by atoms with E-state index in [-0.39, 0.29) is 0 Å². The maximum atomic E-state index is 11.0. The number of carboxylic acid groups (broad SMARTS) is 1. The summed E-state index contributed by atoms with van der Waals surface area (Å²) in [5.74, 6) is -0.800. The third-order valence-corrected chi connectivity index (χ3v) is 4.26. The number of hydrogen-bond donors (Lipinski definition) is 1. The van der Waals surface area contributed by atoms with Crippen LogP contribution in [0, 0.1) is 5.41 Å². The molecule has 0 amide bonds. The Labute approximate surface area is 106 Å². The Kier molecular flexibility index (Phi) is 3.54. The van der Waals surface area contributed by atoms with Crippen molar-refractivity contribution < 1.29 is 9.90 Å². The lowest BCUT2D eigenvalue weighted by atomic mass is 9.84. The molecule has 0 aliphatic carbocycles. The van der Waals surface area contributed by atoms with Gasteiger partial charge in [-0.2, -0.15) is 0 Å². The number of aromatic carboxylic acids is 1. The number of hydrogen-bond acceptors (Lipinski definition) is 3. The highest BCUT2D eigenvalue weighted by Crippen LogP contribution is 2.30. The van der Waals surface area contributed by atoms with Crippen LogP contribution in [0.2, 0.25) is 0 Å². The van der Waals surface area contributed by atoms with Gasteiger partial charge in [0.1, 0.15) is 4.88 Å². The third-order valence-electron chi connectivity index (χ3n) is 3.31. The molecule has 1 fully saturated rings. The Balaban J connectivity index is 2.05. The van der Waals surface area contributed by atoms with Gasteiger partial charge in [-0.05, 0) is 41.8 Å². The second-order valence-corrected chi connectivity index (χ2v) is 6.47. The third kappa shape index (κ3) is 3.07. The number of thiophene rings is 1. The summed E-state index contributed by atoms with van der Waals surface area (Å²) in [6, 6.07) is 1.94. The summed E-state index contributed by atoms with van der Waals surface area (Å²) < 4.78 is 0. The largest absolute Gasteiger partial charge is 0.477 e. The molecule has 1 aromatic heterocycles. The van der Waals surface area contributed by atoms with Crippen molar-refractivity contribution in [2.45, 2.75) is 33.2 Å². The molecule has 0 unspecified atom stereocenters. The van der Waals surface area contributed by atoms with Crippen molar-refractivity contribution in [3.63, 3.8) is 0 Å². The van der Waals surface area contributed by atoms with Crippen LogP contribution in [0.25, 0.3) is 0 Å². The Hall–Kier alpha value is -0.870. The smallest absolute Gasteiger partial charge is 0.346 e. The van der Waals surface area contributed by atoms with E-state index in [0.29, 0.717) is 10.3 Å². The maximum absolute atomic E-state index is 11.0. The molecule has 1 aliphatic rings. The highest BCUT2D eigenvalue weighted by atomic mass is 32.1. The molecule has 1 aromatic rings. The highest BCUT2D eigenvalue weighted by Gasteiger charge is 2.27. The monoisotopic (exact) mass is 253 g/mol. The van der Waals surface area contributed by atoms with Gasteiger partial charge in [-0.25, -0.2) is 4.79 Å². The van der Waals surface area contributed by atoms with Crippen LogP contribution in [-0.4, -0.2) is 29.1 Å². The van der Waals surface area contributed by atoms with E-state index in [1.165, 1.54) is 24.2 Å². The van der Waals surface area contributed by atoms with Crippen molar-refractivity contribution in [2.75, 3.05) is 13.1 Å². The van der Waals surface area contributed by atoms with Crippen LogP contribution in [0.3, 0.4) is 0 Å². The summed E-state index contributed by atoms with van der Waals surface area (Å²) >= 11 is 1.32. The number of nitrogens with zero attached hydrogens (tertiary/aromatic N) is 1. The van der Waals surface area contributed by atoms with Crippen molar-refractivity contribution in [1.29, 1.82) is 0 Å². The zero-order valence-electron chi connectivity index (χ0n) is 10.4. The number of carboxylic acids is 1. The Bertz CT molecular complexity index is 411. The summed E-state index contributed by atoms with van der Waals surface area (Å²) in [5, 5.41) is 10.9. The van der Waals surface area contributed by atoms with E-state index in [1.54, 1.807) is 0 Å². The van der Waals surface area contributed by atoms with Crippen LogP contribution in [0.15, 0.2) is 11.4 Å². The van der Waals surface area contributed by atoms with Crippen LogP contribution in [-0.2, 0) is 6.54 Å². The highest BCUT2D eigenvalue weighted by molar-refractivity contribution is 7.12. The average molecular weight is 253 g/mol. The predicted octanol–water partition coefficient (Wildman–Crippen LogP) is 3.07. The molecule has 0 saturated carbocycles. The van der Waals surface area contributed by atoms with E-state index in [1.807, 2.05) is 11.4 Å². The van der Waals surface area contributed by atoms with Crippen LogP contribution < -0.4 is 0 Å². The van der Waals surface area contributed by atoms with E-state index in [0.717, 1.165) is 25.2 Å². The molecule has 2 heterocycles. The fourth-order valence-electron chi connectivity index (χ4n) is 2.57. The summed E-state index contributed by atoms with van der Waals surface area (Å²) in [7, 11) is 0. The lowest BCUT2D eigenvalue weighted by Gasteiger charge is -2.38. The van der Waals surface area contributed by atoms with Crippen LogP contribution in [0.1, 0.15) is 41.9 Å². The van der Waals surface area contributed by atoms with E-state index < -0.39 is 5.97 Å². The van der Waals surface area contributed by atoms with Crippen molar-refractivity contribution in [1.82, 2.24) is 4.90 Å². The van der Waals surface area contributed by atoms with Crippen molar-refractivity contribution >= 4 is 17.3 Å². The fourth-order valence-corrected chi connectivity index (χ4v) is 3.32. The van der Waals surface area contributed by atoms with Gasteiger partial charge < -0.3 is 5.11 Å². The minimum absolute atomic E-state index is 0.359. The fraction of sp³-hybridized carbons (Fsp3) is 0.615. The molecule has 0 aromatic carbocycles. The van der Waals surface area contributed by atoms with Crippen LogP contribution >= 0.6 is 11.3 Å². The molecule has 1 aliphatic heterocycles. The van der Waals surface area contributed by atoms with Gasteiger partial charge in [-0.15, -0.1) is 11.3 Å². The summed E-state index contributed by atoms with van der Waals surface area (Å²) in [4.78, 5) is 13.9. The molecule has 3 nitrogen and oxygen atoms in total. The quantitative estimate of drug-likeness (QED) is 0.900. The first-order valence-corrected chi connectivity index (χ1v) is 6.88. The molecule has 2 rings (SSSR count). The number of piperidine rings is 1. The molecule has 0 bridgehead atoms. The summed E-state index contributed by atoms with van der Waals surface area (Å²) in [5.41, 5.74) is 1.32.